The van der Waals surface area contributed by atoms with Crippen LogP contribution < -0.4 is 20.1 Å². The number of nitrogens with zero attached hydrogens (tertiary/aromatic N) is 1. The average Bonchev–Trinajstić information content (AvgIpc) is 2.75. The molecular formula is C18H26ClN3O4. The van der Waals surface area contributed by atoms with E-state index in [1.54, 1.807) is 19.2 Å². The number of ether oxygens (including phenoxy) is 2. The highest BCUT2D eigenvalue weighted by Crippen LogP contribution is 2.37. The maximum atomic E-state index is 12.3. The highest BCUT2D eigenvalue weighted by molar-refractivity contribution is 6.33. The Hall–Kier alpha value is -2.15. The normalized spacial score (nSPS) is 13.6. The minimum absolute atomic E-state index is 0.00729. The monoisotopic (exact) mass is 383 g/mol. The van der Waals surface area contributed by atoms with Crippen molar-refractivity contribution in [3.05, 3.63) is 17.2 Å². The van der Waals surface area contributed by atoms with Crippen molar-refractivity contribution < 1.29 is 19.1 Å². The zero-order valence-corrected chi connectivity index (χ0v) is 16.4. The second-order valence-electron chi connectivity index (χ2n) is 7.23. The first-order chi connectivity index (χ1) is 12.2. The molecular weight excluding hydrogens is 358 g/mol. The van der Waals surface area contributed by atoms with Crippen molar-refractivity contribution in [2.75, 3.05) is 38.7 Å². The summed E-state index contributed by atoms with van der Waals surface area (Å²) in [6.45, 7) is 6.82. The van der Waals surface area contributed by atoms with Crippen molar-refractivity contribution in [3.63, 3.8) is 0 Å². The molecule has 0 aliphatic carbocycles. The molecule has 2 amide bonds. The van der Waals surface area contributed by atoms with E-state index in [4.69, 9.17) is 21.1 Å². The highest BCUT2D eigenvalue weighted by Gasteiger charge is 2.19. The molecule has 1 aromatic carbocycles. The molecule has 1 aliphatic heterocycles. The third-order valence-corrected chi connectivity index (χ3v) is 3.90. The van der Waals surface area contributed by atoms with Crippen LogP contribution in [-0.2, 0) is 9.59 Å². The lowest BCUT2D eigenvalue weighted by Gasteiger charge is -2.23. The number of rotatable bonds is 5. The van der Waals surface area contributed by atoms with E-state index < -0.39 is 0 Å². The number of anilines is 1. The van der Waals surface area contributed by atoms with E-state index in [0.29, 0.717) is 35.4 Å². The predicted octanol–water partition coefficient (Wildman–Crippen LogP) is 2.29. The summed E-state index contributed by atoms with van der Waals surface area (Å²) in [6.07, 6.45) is 0.801. The Labute approximate surface area is 159 Å². The van der Waals surface area contributed by atoms with Crippen LogP contribution in [0.5, 0.6) is 11.5 Å². The quantitative estimate of drug-likeness (QED) is 0.815. The largest absolute Gasteiger partial charge is 0.490 e. The summed E-state index contributed by atoms with van der Waals surface area (Å²) in [5, 5.41) is 6.26. The fourth-order valence-electron chi connectivity index (χ4n) is 2.39. The molecule has 0 spiro atoms. The topological polar surface area (TPSA) is 79.9 Å². The van der Waals surface area contributed by atoms with Crippen molar-refractivity contribution in [1.82, 2.24) is 10.2 Å². The van der Waals surface area contributed by atoms with Gasteiger partial charge in [0.15, 0.2) is 11.5 Å². The molecule has 1 heterocycles. The highest BCUT2D eigenvalue weighted by atomic mass is 35.5. The fourth-order valence-corrected chi connectivity index (χ4v) is 2.61. The maximum absolute atomic E-state index is 12.3. The van der Waals surface area contributed by atoms with Crippen LogP contribution in [0.2, 0.25) is 5.02 Å². The molecule has 7 nitrogen and oxygen atoms in total. The van der Waals surface area contributed by atoms with Gasteiger partial charge in [-0.05, 0) is 20.8 Å². The van der Waals surface area contributed by atoms with Crippen LogP contribution in [0.25, 0.3) is 0 Å². The molecule has 2 N–H and O–H groups in total. The van der Waals surface area contributed by atoms with Gasteiger partial charge >= 0.3 is 0 Å². The van der Waals surface area contributed by atoms with E-state index in [1.807, 2.05) is 20.8 Å². The Morgan fingerprint density at radius 3 is 2.42 bits per heavy atom. The summed E-state index contributed by atoms with van der Waals surface area (Å²) < 4.78 is 11.2. The minimum Gasteiger partial charge on any atom is -0.490 e. The second-order valence-corrected chi connectivity index (χ2v) is 7.64. The predicted molar refractivity (Wildman–Crippen MR) is 101 cm³/mol. The van der Waals surface area contributed by atoms with Crippen molar-refractivity contribution in [2.24, 2.45) is 0 Å². The molecule has 1 aromatic rings. The lowest BCUT2D eigenvalue weighted by molar-refractivity contribution is -0.133. The molecule has 0 fully saturated rings. The lowest BCUT2D eigenvalue weighted by Crippen LogP contribution is -2.47. The van der Waals surface area contributed by atoms with Gasteiger partial charge in [-0.3, -0.25) is 9.59 Å². The van der Waals surface area contributed by atoms with Crippen LogP contribution in [0.4, 0.5) is 5.69 Å². The summed E-state index contributed by atoms with van der Waals surface area (Å²) in [7, 11) is 1.59. The van der Waals surface area contributed by atoms with E-state index in [0.717, 1.165) is 6.42 Å². The summed E-state index contributed by atoms with van der Waals surface area (Å²) in [5.41, 5.74) is 0.244. The standard InChI is InChI=1S/C18H26ClN3O4/c1-18(2,3)21-16(23)11-22(4)17(24)10-20-13-9-15-14(8-12(13)19)25-6-5-7-26-15/h8-9,20H,5-7,10-11H2,1-4H3,(H,21,23). The van der Waals surface area contributed by atoms with Gasteiger partial charge in [0.2, 0.25) is 11.8 Å². The second kappa shape index (κ2) is 8.49. The van der Waals surface area contributed by atoms with Crippen molar-refractivity contribution in [3.8, 4) is 11.5 Å². The zero-order valence-electron chi connectivity index (χ0n) is 15.6. The molecule has 0 saturated heterocycles. The third-order valence-electron chi connectivity index (χ3n) is 3.59. The summed E-state index contributed by atoms with van der Waals surface area (Å²) in [4.78, 5) is 25.5. The van der Waals surface area contributed by atoms with Crippen LogP contribution in [0.3, 0.4) is 0 Å². The summed E-state index contributed by atoms with van der Waals surface area (Å²) >= 11 is 6.25. The van der Waals surface area contributed by atoms with Gasteiger partial charge in [0.05, 0.1) is 37.0 Å². The number of benzene rings is 1. The molecule has 144 valence electrons. The van der Waals surface area contributed by atoms with Gasteiger partial charge in [-0.15, -0.1) is 0 Å². The van der Waals surface area contributed by atoms with Crippen LogP contribution in [0, 0.1) is 0 Å². The first kappa shape index (κ1) is 20.2. The third kappa shape index (κ3) is 5.98. The van der Waals surface area contributed by atoms with Gasteiger partial charge in [-0.1, -0.05) is 11.6 Å². The number of carbonyl (C=O) groups excluding carboxylic acids is 2. The van der Waals surface area contributed by atoms with E-state index in [1.165, 1.54) is 4.90 Å². The maximum Gasteiger partial charge on any atom is 0.242 e. The molecule has 0 saturated carbocycles. The smallest absolute Gasteiger partial charge is 0.242 e. The minimum atomic E-state index is -0.337. The molecule has 8 heteroatoms. The number of hydrogen-bond donors (Lipinski definition) is 2. The number of nitrogens with one attached hydrogen (secondary N) is 2. The van der Waals surface area contributed by atoms with E-state index in [2.05, 4.69) is 10.6 Å². The van der Waals surface area contributed by atoms with Gasteiger partial charge in [0.25, 0.3) is 0 Å². The molecule has 0 radical (unpaired) electrons. The molecule has 0 aromatic heterocycles. The van der Waals surface area contributed by atoms with Crippen LogP contribution in [0.15, 0.2) is 12.1 Å². The number of carbonyl (C=O) groups is 2. The Morgan fingerprint density at radius 2 is 1.81 bits per heavy atom. The van der Waals surface area contributed by atoms with Crippen molar-refractivity contribution >= 4 is 29.1 Å². The number of halogens is 1. The van der Waals surface area contributed by atoms with Crippen molar-refractivity contribution in [2.45, 2.75) is 32.7 Å². The average molecular weight is 384 g/mol. The van der Waals surface area contributed by atoms with Gasteiger partial charge in [0, 0.05) is 31.1 Å². The van der Waals surface area contributed by atoms with Crippen LogP contribution >= 0.6 is 11.6 Å². The molecule has 2 rings (SSSR count). The Kier molecular flexibility index (Phi) is 6.58. The van der Waals surface area contributed by atoms with Gasteiger partial charge < -0.3 is 25.0 Å². The van der Waals surface area contributed by atoms with Crippen LogP contribution in [-0.4, -0.2) is 55.6 Å². The first-order valence-electron chi connectivity index (χ1n) is 8.54. The molecule has 1 aliphatic rings. The Bertz CT molecular complexity index is 673. The SMILES string of the molecule is CN(CC(=O)NC(C)(C)C)C(=O)CNc1cc2c(cc1Cl)OCCCO2. The number of amides is 2. The van der Waals surface area contributed by atoms with Crippen molar-refractivity contribution in [1.29, 1.82) is 0 Å². The number of fused-ring (bicyclic) bond motifs is 1. The van der Waals surface area contributed by atoms with Gasteiger partial charge in [-0.2, -0.15) is 0 Å². The zero-order chi connectivity index (χ0) is 19.3. The van der Waals surface area contributed by atoms with E-state index in [-0.39, 0.29) is 30.4 Å². The fraction of sp³-hybridized carbons (Fsp3) is 0.556. The molecule has 0 unspecified atom stereocenters. The van der Waals surface area contributed by atoms with Gasteiger partial charge in [0.1, 0.15) is 0 Å². The van der Waals surface area contributed by atoms with E-state index in [9.17, 15) is 9.59 Å². The van der Waals surface area contributed by atoms with Gasteiger partial charge in [-0.25, -0.2) is 0 Å². The Morgan fingerprint density at radius 1 is 1.19 bits per heavy atom. The molecule has 26 heavy (non-hydrogen) atoms. The van der Waals surface area contributed by atoms with Crippen LogP contribution in [0.1, 0.15) is 27.2 Å². The molecule has 0 atom stereocenters. The number of likely N-dealkylation sites (N-methyl/N-ethyl adjacent to an activating group) is 1. The summed E-state index contributed by atoms with van der Waals surface area (Å²) in [6, 6.07) is 3.40. The molecule has 0 bridgehead atoms. The van der Waals surface area contributed by atoms with E-state index >= 15 is 0 Å². The summed E-state index contributed by atoms with van der Waals surface area (Å²) in [5.74, 6) is 0.763. The first-order valence-corrected chi connectivity index (χ1v) is 8.91. The Balaban J connectivity index is 1.92. The number of hydrogen-bond acceptors (Lipinski definition) is 5. The lowest BCUT2D eigenvalue weighted by atomic mass is 10.1.